The zero-order valence-electron chi connectivity index (χ0n) is 20.3. The van der Waals surface area contributed by atoms with Crippen molar-refractivity contribution < 1.29 is 39.0 Å². The number of aliphatic carboxylic acids is 1. The van der Waals surface area contributed by atoms with Crippen molar-refractivity contribution in [3.8, 4) is 0 Å². The molecule has 4 rings (SSSR count). The van der Waals surface area contributed by atoms with Gasteiger partial charge in [-0.05, 0) is 30.3 Å². The molecule has 0 radical (unpaired) electrons. The summed E-state index contributed by atoms with van der Waals surface area (Å²) in [6.45, 7) is -1.85. The highest BCUT2D eigenvalue weighted by molar-refractivity contribution is 7.16. The molecule has 1 aliphatic heterocycles. The number of aromatic nitrogens is 1. The highest BCUT2D eigenvalue weighted by Gasteiger charge is 2.37. The van der Waals surface area contributed by atoms with Crippen LogP contribution in [-0.2, 0) is 24.0 Å². The number of carboxylic acids is 1. The van der Waals surface area contributed by atoms with Gasteiger partial charge < -0.3 is 30.5 Å². The minimum atomic E-state index is -1.33. The van der Waals surface area contributed by atoms with Crippen LogP contribution >= 0.6 is 11.3 Å². The molecule has 0 bridgehead atoms. The van der Waals surface area contributed by atoms with Crippen molar-refractivity contribution in [1.29, 1.82) is 0 Å². The Balaban J connectivity index is 1.66. The van der Waals surface area contributed by atoms with Crippen LogP contribution in [0.3, 0.4) is 0 Å². The van der Waals surface area contributed by atoms with E-state index in [2.05, 4.69) is 15.6 Å². The van der Waals surface area contributed by atoms with Gasteiger partial charge in [-0.25, -0.2) is 4.98 Å². The van der Waals surface area contributed by atoms with Gasteiger partial charge in [0.15, 0.2) is 0 Å². The maximum atomic E-state index is 13.7. The zero-order valence-corrected chi connectivity index (χ0v) is 21.1. The average molecular weight is 554 g/mol. The molecule has 1 aromatic heterocycles. The number of anilines is 2. The summed E-state index contributed by atoms with van der Waals surface area (Å²) in [6.07, 6.45) is -0.380. The second kappa shape index (κ2) is 11.8. The first kappa shape index (κ1) is 27.3. The highest BCUT2D eigenvalue weighted by atomic mass is 32.1. The van der Waals surface area contributed by atoms with Gasteiger partial charge in [0.25, 0.3) is 17.7 Å². The lowest BCUT2D eigenvalue weighted by molar-refractivity contribution is -0.139. The predicted molar refractivity (Wildman–Crippen MR) is 139 cm³/mol. The molecule has 1 aliphatic rings. The number of nitrogens with zero attached hydrogens (tertiary/aromatic N) is 3. The summed E-state index contributed by atoms with van der Waals surface area (Å²) < 4.78 is 0.862. The van der Waals surface area contributed by atoms with Gasteiger partial charge in [-0.2, -0.15) is 0 Å². The smallest absolute Gasteiger partial charge is 0.305 e. The van der Waals surface area contributed by atoms with Gasteiger partial charge >= 0.3 is 5.97 Å². The molecule has 14 heteroatoms. The molecule has 3 aromatic rings. The summed E-state index contributed by atoms with van der Waals surface area (Å²) in [5, 5.41) is 23.4. The number of hydrogen-bond donors (Lipinski definition) is 4. The van der Waals surface area contributed by atoms with E-state index >= 15 is 0 Å². The number of nitrogens with one attached hydrogen (secondary N) is 2. The molecule has 0 saturated carbocycles. The largest absolute Gasteiger partial charge is 0.481 e. The SMILES string of the molecule is O=C[C@H](CC(=O)O)NC(=O)CN1C(=O)[C@@H](NC(=O)c2ccc3scnc3c2)CN(C(=O)CO)c2ccccc21. The lowest BCUT2D eigenvalue weighted by atomic mass is 10.1. The first-order valence-corrected chi connectivity index (χ1v) is 12.5. The molecule has 0 aliphatic carbocycles. The Hall–Kier alpha value is -4.69. The van der Waals surface area contributed by atoms with E-state index in [1.165, 1.54) is 23.5 Å². The van der Waals surface area contributed by atoms with Gasteiger partial charge in [0.05, 0.1) is 46.1 Å². The fourth-order valence-corrected chi connectivity index (χ4v) is 4.80. The molecule has 2 heterocycles. The predicted octanol–water partition coefficient (Wildman–Crippen LogP) is -0.0748. The van der Waals surface area contributed by atoms with Crippen LogP contribution in [0.25, 0.3) is 10.2 Å². The number of para-hydroxylation sites is 2. The standard InChI is InChI=1S/C25H23N5O8S/c31-11-15(8-23(35)36)27-21(33)10-30-19-4-2-1-3-18(19)29(22(34)12-32)9-17(25(30)38)28-24(37)14-5-6-20-16(7-14)26-13-39-20/h1-7,11,13,15,17,32H,8-10,12H2,(H,27,33)(H,28,37)(H,35,36)/t15-,17-/m0/s1. The van der Waals surface area contributed by atoms with E-state index in [4.69, 9.17) is 5.11 Å². The Morgan fingerprint density at radius 1 is 1.15 bits per heavy atom. The summed E-state index contributed by atoms with van der Waals surface area (Å²) in [4.78, 5) is 80.9. The van der Waals surface area contributed by atoms with E-state index in [0.717, 1.165) is 14.5 Å². The van der Waals surface area contributed by atoms with Crippen LogP contribution < -0.4 is 20.4 Å². The monoisotopic (exact) mass is 553 g/mol. The van der Waals surface area contributed by atoms with Gasteiger partial charge in [0.2, 0.25) is 5.91 Å². The third-order valence-electron chi connectivity index (χ3n) is 5.93. The quantitative estimate of drug-likeness (QED) is 0.263. The average Bonchev–Trinajstić information content (AvgIpc) is 3.36. The molecular weight excluding hydrogens is 530 g/mol. The summed E-state index contributed by atoms with van der Waals surface area (Å²) >= 11 is 1.40. The normalized spacial score (nSPS) is 15.7. The van der Waals surface area contributed by atoms with Gasteiger partial charge in [0, 0.05) is 5.56 Å². The first-order valence-electron chi connectivity index (χ1n) is 11.6. The maximum Gasteiger partial charge on any atom is 0.305 e. The number of carbonyl (C=O) groups is 6. The topological polar surface area (TPSA) is 186 Å². The third-order valence-corrected chi connectivity index (χ3v) is 6.74. The Bertz CT molecular complexity index is 1460. The molecule has 39 heavy (non-hydrogen) atoms. The lowest BCUT2D eigenvalue weighted by Gasteiger charge is -2.25. The lowest BCUT2D eigenvalue weighted by Crippen LogP contribution is -2.55. The van der Waals surface area contributed by atoms with E-state index in [1.54, 1.807) is 35.8 Å². The molecule has 0 unspecified atom stereocenters. The van der Waals surface area contributed by atoms with Gasteiger partial charge in [0.1, 0.15) is 25.5 Å². The Kier molecular flexibility index (Phi) is 8.27. The van der Waals surface area contributed by atoms with Crippen molar-refractivity contribution >= 4 is 68.8 Å². The minimum absolute atomic E-state index is 0.140. The maximum absolute atomic E-state index is 13.7. The summed E-state index contributed by atoms with van der Waals surface area (Å²) in [7, 11) is 0. The molecule has 2 aromatic carbocycles. The zero-order chi connectivity index (χ0) is 28.1. The molecule has 4 N–H and O–H groups in total. The van der Waals surface area contributed by atoms with Crippen LogP contribution in [0.2, 0.25) is 0 Å². The molecule has 13 nitrogen and oxygen atoms in total. The van der Waals surface area contributed by atoms with Crippen LogP contribution in [0.5, 0.6) is 0 Å². The highest BCUT2D eigenvalue weighted by Crippen LogP contribution is 2.33. The van der Waals surface area contributed by atoms with Gasteiger partial charge in [-0.15, -0.1) is 11.3 Å². The van der Waals surface area contributed by atoms with Crippen molar-refractivity contribution in [3.63, 3.8) is 0 Å². The molecule has 0 saturated heterocycles. The number of hydrogen-bond acceptors (Lipinski definition) is 9. The van der Waals surface area contributed by atoms with E-state index < -0.39 is 61.3 Å². The second-order valence-electron chi connectivity index (χ2n) is 8.54. The molecule has 202 valence electrons. The number of aliphatic hydroxyl groups is 1. The minimum Gasteiger partial charge on any atom is -0.481 e. The van der Waals surface area contributed by atoms with Crippen LogP contribution in [0.1, 0.15) is 16.8 Å². The summed E-state index contributed by atoms with van der Waals surface area (Å²) in [5.41, 5.74) is 2.78. The third kappa shape index (κ3) is 6.08. The van der Waals surface area contributed by atoms with Crippen molar-refractivity contribution in [2.24, 2.45) is 0 Å². The molecule has 4 amide bonds. The van der Waals surface area contributed by atoms with Crippen molar-refractivity contribution in [3.05, 3.63) is 53.5 Å². The number of rotatable bonds is 9. The van der Waals surface area contributed by atoms with E-state index in [9.17, 15) is 33.9 Å². The number of carboxylic acid groups (broad SMARTS) is 1. The van der Waals surface area contributed by atoms with E-state index in [-0.39, 0.29) is 29.8 Å². The number of benzene rings is 2. The Morgan fingerprint density at radius 2 is 1.90 bits per heavy atom. The molecule has 0 spiro atoms. The first-order chi connectivity index (χ1) is 18.7. The number of thiazole rings is 1. The van der Waals surface area contributed by atoms with Crippen LogP contribution in [0, 0.1) is 0 Å². The summed E-state index contributed by atoms with van der Waals surface area (Å²) in [6, 6.07) is 8.33. The van der Waals surface area contributed by atoms with Crippen LogP contribution in [-0.4, -0.2) is 82.9 Å². The number of carbonyl (C=O) groups excluding carboxylic acids is 5. The molecule has 2 atom stereocenters. The van der Waals surface area contributed by atoms with E-state index in [0.29, 0.717) is 5.52 Å². The number of aliphatic hydroxyl groups excluding tert-OH is 1. The summed E-state index contributed by atoms with van der Waals surface area (Å²) in [5.74, 6) is -4.25. The van der Waals surface area contributed by atoms with Crippen LogP contribution in [0.15, 0.2) is 48.0 Å². The number of fused-ring (bicyclic) bond motifs is 2. The van der Waals surface area contributed by atoms with Crippen molar-refractivity contribution in [2.45, 2.75) is 18.5 Å². The fraction of sp³-hybridized carbons (Fsp3) is 0.240. The Labute approximate surface area is 225 Å². The van der Waals surface area contributed by atoms with E-state index in [1.807, 2.05) is 0 Å². The van der Waals surface area contributed by atoms with Gasteiger partial charge in [-0.3, -0.25) is 28.9 Å². The Morgan fingerprint density at radius 3 is 2.59 bits per heavy atom. The molecule has 0 fully saturated rings. The van der Waals surface area contributed by atoms with Crippen molar-refractivity contribution in [1.82, 2.24) is 15.6 Å². The number of aldehydes is 1. The van der Waals surface area contributed by atoms with Crippen LogP contribution in [0.4, 0.5) is 11.4 Å². The fourth-order valence-electron chi connectivity index (χ4n) is 4.14. The number of amides is 4. The molecular formula is C25H23N5O8S. The second-order valence-corrected chi connectivity index (χ2v) is 9.43. The van der Waals surface area contributed by atoms with Gasteiger partial charge in [-0.1, -0.05) is 12.1 Å². The van der Waals surface area contributed by atoms with Crippen molar-refractivity contribution in [2.75, 3.05) is 29.5 Å².